The highest BCUT2D eigenvalue weighted by Crippen LogP contribution is 2.38. The number of fused-ring (bicyclic) bond motifs is 6. The third-order valence-corrected chi connectivity index (χ3v) is 10.9. The molecule has 0 N–H and O–H groups in total. The molecular formula is C34H20N4O2S3. The van der Waals surface area contributed by atoms with Crippen LogP contribution in [0, 0.1) is 0 Å². The summed E-state index contributed by atoms with van der Waals surface area (Å²) in [4.78, 5) is 1.51. The molecule has 1 aliphatic rings. The smallest absolute Gasteiger partial charge is 0.301 e. The van der Waals surface area contributed by atoms with Crippen molar-refractivity contribution in [2.24, 2.45) is 8.80 Å². The lowest BCUT2D eigenvalue weighted by Crippen LogP contribution is -2.10. The van der Waals surface area contributed by atoms with Crippen LogP contribution < -0.4 is 0 Å². The molecule has 43 heavy (non-hydrogen) atoms. The fourth-order valence-electron chi connectivity index (χ4n) is 6.13. The summed E-state index contributed by atoms with van der Waals surface area (Å²) in [5.41, 5.74) is 5.16. The Hall–Kier alpha value is -4.83. The van der Waals surface area contributed by atoms with Crippen molar-refractivity contribution in [3.05, 3.63) is 131 Å². The van der Waals surface area contributed by atoms with Gasteiger partial charge in [0.1, 0.15) is 21.4 Å². The predicted octanol–water partition coefficient (Wildman–Crippen LogP) is 8.54. The number of nitrogens with zero attached hydrogens (tertiary/aromatic N) is 4. The number of para-hydroxylation sites is 4. The van der Waals surface area contributed by atoms with Crippen molar-refractivity contribution in [3.8, 4) is 10.0 Å². The van der Waals surface area contributed by atoms with Gasteiger partial charge in [-0.05, 0) is 48.5 Å². The molecule has 0 radical (unpaired) electrons. The van der Waals surface area contributed by atoms with Gasteiger partial charge in [-0.2, -0.15) is 8.42 Å². The van der Waals surface area contributed by atoms with Crippen LogP contribution in [0.1, 0.15) is 9.75 Å². The zero-order valence-electron chi connectivity index (χ0n) is 22.4. The molecule has 0 saturated heterocycles. The van der Waals surface area contributed by atoms with Crippen LogP contribution in [0.2, 0.25) is 0 Å². The lowest BCUT2D eigenvalue weighted by molar-refractivity contribution is 0.601. The van der Waals surface area contributed by atoms with Crippen LogP contribution in [-0.4, -0.2) is 29.0 Å². The highest BCUT2D eigenvalue weighted by atomic mass is 32.2. The minimum atomic E-state index is -3.99. The largest absolute Gasteiger partial charge is 0.364 e. The van der Waals surface area contributed by atoms with Crippen LogP contribution in [-0.2, 0) is 10.2 Å². The number of aromatic nitrogens is 2. The van der Waals surface area contributed by atoms with E-state index in [9.17, 15) is 8.42 Å². The number of rotatable bonds is 4. The molecule has 0 amide bonds. The van der Waals surface area contributed by atoms with Crippen LogP contribution in [0.15, 0.2) is 130 Å². The number of thiophene rings is 2. The lowest BCUT2D eigenvalue weighted by Gasteiger charge is -2.05. The maximum absolute atomic E-state index is 12.8. The van der Waals surface area contributed by atoms with Crippen LogP contribution in [0.3, 0.4) is 0 Å². The summed E-state index contributed by atoms with van der Waals surface area (Å²) >= 11 is 3.02. The molecule has 0 fully saturated rings. The Labute approximate surface area is 254 Å². The fraction of sp³-hybridized carbons (Fsp3) is 0. The first kappa shape index (κ1) is 24.7. The topological polar surface area (TPSA) is 68.7 Å². The monoisotopic (exact) mass is 612 g/mol. The molecule has 6 nitrogen and oxygen atoms in total. The number of benzene rings is 4. The Bertz CT molecular complexity index is 2320. The van der Waals surface area contributed by atoms with Gasteiger partial charge in [-0.3, -0.25) is 0 Å². The van der Waals surface area contributed by atoms with Crippen LogP contribution >= 0.6 is 22.7 Å². The van der Waals surface area contributed by atoms with E-state index in [4.69, 9.17) is 0 Å². The molecule has 0 spiro atoms. The molecule has 4 aromatic heterocycles. The third-order valence-electron chi connectivity index (χ3n) is 7.89. The molecule has 206 valence electrons. The first-order valence-corrected chi connectivity index (χ1v) is 16.7. The molecule has 0 unspecified atom stereocenters. The Balaban J connectivity index is 1.16. The third kappa shape index (κ3) is 3.72. The second-order valence-electron chi connectivity index (χ2n) is 10.3. The molecule has 8 aromatic rings. The van der Waals surface area contributed by atoms with Gasteiger partial charge >= 0.3 is 10.2 Å². The van der Waals surface area contributed by atoms with Gasteiger partial charge in [0, 0.05) is 21.5 Å². The van der Waals surface area contributed by atoms with Crippen molar-refractivity contribution in [2.75, 3.05) is 0 Å². The summed E-state index contributed by atoms with van der Waals surface area (Å²) in [5, 5.41) is 6.66. The Kier molecular flexibility index (Phi) is 5.23. The first-order valence-electron chi connectivity index (χ1n) is 13.7. The summed E-state index contributed by atoms with van der Waals surface area (Å²) in [6, 6.07) is 41.3. The van der Waals surface area contributed by atoms with E-state index in [1.807, 2.05) is 48.5 Å². The van der Waals surface area contributed by atoms with Crippen molar-refractivity contribution < 1.29 is 8.42 Å². The Morgan fingerprint density at radius 3 is 1.12 bits per heavy atom. The highest BCUT2D eigenvalue weighted by Gasteiger charge is 2.29. The summed E-state index contributed by atoms with van der Waals surface area (Å²) in [6.45, 7) is 0. The molecule has 9 rings (SSSR count). The van der Waals surface area contributed by atoms with E-state index in [1.54, 1.807) is 0 Å². The van der Waals surface area contributed by atoms with E-state index in [0.29, 0.717) is 11.4 Å². The SMILES string of the molecule is O=S1(=O)N=C(c2ccc(-n3c4ccccc4c4ccccc43)s2)C(c2ccc(-n3c4ccccc4c4ccccc43)s2)=N1. The lowest BCUT2D eigenvalue weighted by atomic mass is 10.1. The second kappa shape index (κ2) is 9.08. The average molecular weight is 613 g/mol. The first-order chi connectivity index (χ1) is 21.1. The van der Waals surface area contributed by atoms with Crippen molar-refractivity contribution in [1.29, 1.82) is 0 Å². The van der Waals surface area contributed by atoms with Crippen LogP contribution in [0.4, 0.5) is 0 Å². The molecule has 1 aliphatic heterocycles. The summed E-state index contributed by atoms with van der Waals surface area (Å²) in [5.74, 6) is 0. The molecule has 0 aliphatic carbocycles. The zero-order valence-corrected chi connectivity index (χ0v) is 24.8. The number of hydrogen-bond acceptors (Lipinski definition) is 4. The van der Waals surface area contributed by atoms with Gasteiger partial charge in [0.15, 0.2) is 0 Å². The molecule has 0 saturated carbocycles. The summed E-state index contributed by atoms with van der Waals surface area (Å²) < 4.78 is 38.3. The predicted molar refractivity (Wildman–Crippen MR) is 179 cm³/mol. The van der Waals surface area contributed by atoms with Gasteiger partial charge in [-0.15, -0.1) is 31.5 Å². The van der Waals surface area contributed by atoms with Gasteiger partial charge in [0.05, 0.1) is 31.8 Å². The second-order valence-corrected chi connectivity index (χ2v) is 13.7. The fourth-order valence-corrected chi connectivity index (χ4v) is 9.17. The minimum absolute atomic E-state index is 0.382. The standard InChI is InChI=1S/C34H20N4O2S3/c39-43(40)35-33(29-17-19-31(41-29)37-25-13-5-1-9-21(25)22-10-2-6-14-26(22)37)34(36-43)30-18-20-32(42-30)38-27-15-7-3-11-23(27)24-12-4-8-16-28(24)38/h1-20H. The van der Waals surface area contributed by atoms with Crippen molar-refractivity contribution in [3.63, 3.8) is 0 Å². The average Bonchev–Trinajstić information content (AvgIpc) is 3.84. The van der Waals surface area contributed by atoms with Gasteiger partial charge in [-0.1, -0.05) is 72.8 Å². The molecule has 5 heterocycles. The van der Waals surface area contributed by atoms with Crippen LogP contribution in [0.5, 0.6) is 0 Å². The normalized spacial score (nSPS) is 14.7. The molecule has 4 aromatic carbocycles. The van der Waals surface area contributed by atoms with Gasteiger partial charge in [-0.25, -0.2) is 0 Å². The van der Waals surface area contributed by atoms with E-state index in [-0.39, 0.29) is 0 Å². The van der Waals surface area contributed by atoms with E-state index in [2.05, 4.69) is 90.7 Å². The quantitative estimate of drug-likeness (QED) is 0.200. The van der Waals surface area contributed by atoms with Crippen molar-refractivity contribution in [2.45, 2.75) is 0 Å². The molecule has 9 heteroatoms. The maximum atomic E-state index is 12.8. The molecule has 0 atom stereocenters. The van der Waals surface area contributed by atoms with Crippen molar-refractivity contribution >= 4 is 87.9 Å². The van der Waals surface area contributed by atoms with E-state index < -0.39 is 10.2 Å². The van der Waals surface area contributed by atoms with Gasteiger partial charge in [0.25, 0.3) is 0 Å². The summed E-state index contributed by atoms with van der Waals surface area (Å²) in [7, 11) is -3.99. The van der Waals surface area contributed by atoms with E-state index in [1.165, 1.54) is 44.2 Å². The molecule has 0 bridgehead atoms. The Morgan fingerprint density at radius 1 is 0.442 bits per heavy atom. The Morgan fingerprint density at radius 2 is 0.767 bits per heavy atom. The number of hydrogen-bond donors (Lipinski definition) is 0. The molecular weight excluding hydrogens is 593 g/mol. The zero-order chi connectivity index (χ0) is 28.7. The maximum Gasteiger partial charge on any atom is 0.364 e. The summed E-state index contributed by atoms with van der Waals surface area (Å²) in [6.07, 6.45) is 0. The van der Waals surface area contributed by atoms with Gasteiger partial charge < -0.3 is 9.13 Å². The van der Waals surface area contributed by atoms with Crippen LogP contribution in [0.25, 0.3) is 53.6 Å². The highest BCUT2D eigenvalue weighted by molar-refractivity contribution is 7.89. The van der Waals surface area contributed by atoms with Gasteiger partial charge in [0.2, 0.25) is 0 Å². The van der Waals surface area contributed by atoms with E-state index in [0.717, 1.165) is 41.8 Å². The van der Waals surface area contributed by atoms with E-state index >= 15 is 0 Å². The minimum Gasteiger partial charge on any atom is -0.301 e. The van der Waals surface area contributed by atoms with Crippen molar-refractivity contribution in [1.82, 2.24) is 9.13 Å².